The summed E-state index contributed by atoms with van der Waals surface area (Å²) in [6, 6.07) is 8.36. The molecular formula is C26H26Cl2N4O4S. The molecule has 8 nitrogen and oxygen atoms in total. The number of carbonyl (C=O) groups excluding carboxylic acids is 2. The third-order valence-electron chi connectivity index (χ3n) is 6.55. The minimum absolute atomic E-state index is 0.171. The lowest BCUT2D eigenvalue weighted by atomic mass is 9.70. The van der Waals surface area contributed by atoms with Gasteiger partial charge in [0.1, 0.15) is 10.9 Å². The van der Waals surface area contributed by atoms with Crippen LogP contribution >= 0.6 is 34.5 Å². The molecule has 4 N–H and O–H groups in total. The Balaban J connectivity index is 1.63. The summed E-state index contributed by atoms with van der Waals surface area (Å²) in [4.78, 5) is 43.5. The van der Waals surface area contributed by atoms with Crippen molar-refractivity contribution >= 4 is 63.8 Å². The Labute approximate surface area is 228 Å². The van der Waals surface area contributed by atoms with Crippen LogP contribution in [0, 0.1) is 5.41 Å². The van der Waals surface area contributed by atoms with Gasteiger partial charge in [0.05, 0.1) is 21.4 Å². The second-order valence-electron chi connectivity index (χ2n) is 9.23. The van der Waals surface area contributed by atoms with E-state index in [9.17, 15) is 19.5 Å². The maximum Gasteiger partial charge on any atom is 0.326 e. The van der Waals surface area contributed by atoms with Crippen LogP contribution in [0.1, 0.15) is 48.7 Å². The molecule has 0 bridgehead atoms. The molecule has 3 aromatic rings. The van der Waals surface area contributed by atoms with E-state index in [0.29, 0.717) is 17.7 Å². The number of halogens is 2. The molecule has 4 rings (SSSR count). The third-order valence-corrected chi connectivity index (χ3v) is 8.36. The van der Waals surface area contributed by atoms with Crippen LogP contribution in [-0.2, 0) is 4.79 Å². The fourth-order valence-electron chi connectivity index (χ4n) is 4.57. The molecule has 1 aromatic carbocycles. The second-order valence-corrected chi connectivity index (χ2v) is 11.1. The van der Waals surface area contributed by atoms with Crippen LogP contribution in [0.2, 0.25) is 10.0 Å². The van der Waals surface area contributed by atoms with Crippen molar-refractivity contribution in [2.45, 2.75) is 45.1 Å². The van der Waals surface area contributed by atoms with Crippen LogP contribution in [0.25, 0.3) is 10.4 Å². The van der Waals surface area contributed by atoms with Gasteiger partial charge in [-0.15, -0.1) is 11.3 Å². The normalized spacial score (nSPS) is 15.4. The number of anilines is 2. The number of nitrogens with zero attached hydrogens (tertiary/aromatic N) is 1. The molecule has 0 unspecified atom stereocenters. The predicted molar refractivity (Wildman–Crippen MR) is 147 cm³/mol. The van der Waals surface area contributed by atoms with Crippen LogP contribution in [0.3, 0.4) is 0 Å². The molecule has 1 saturated carbocycles. The van der Waals surface area contributed by atoms with E-state index in [1.165, 1.54) is 0 Å². The smallest absolute Gasteiger partial charge is 0.326 e. The summed E-state index contributed by atoms with van der Waals surface area (Å²) >= 11 is 13.5. The monoisotopic (exact) mass is 560 g/mol. The van der Waals surface area contributed by atoms with Crippen LogP contribution in [-0.4, -0.2) is 34.0 Å². The number of hydrogen-bond acceptors (Lipinski definition) is 5. The quantitative estimate of drug-likeness (QED) is 0.250. The van der Waals surface area contributed by atoms with E-state index in [4.69, 9.17) is 23.2 Å². The Hall–Kier alpha value is -3.14. The zero-order chi connectivity index (χ0) is 26.6. The molecule has 1 atom stereocenters. The highest BCUT2D eigenvalue weighted by Crippen LogP contribution is 2.40. The van der Waals surface area contributed by atoms with Crippen molar-refractivity contribution in [3.05, 3.63) is 63.7 Å². The minimum Gasteiger partial charge on any atom is -0.480 e. The summed E-state index contributed by atoms with van der Waals surface area (Å²) in [7, 11) is 0. The molecule has 3 amide bonds. The van der Waals surface area contributed by atoms with Gasteiger partial charge in [-0.05, 0) is 42.5 Å². The third kappa shape index (κ3) is 6.23. The maximum absolute atomic E-state index is 13.5. The molecule has 1 aliphatic rings. The highest BCUT2D eigenvalue weighted by atomic mass is 35.5. The summed E-state index contributed by atoms with van der Waals surface area (Å²) in [6.45, 7) is 1.90. The number of amides is 3. The Kier molecular flexibility index (Phi) is 8.36. The van der Waals surface area contributed by atoms with Crippen molar-refractivity contribution in [1.29, 1.82) is 0 Å². The summed E-state index contributed by atoms with van der Waals surface area (Å²) in [5, 5.41) is 18.5. The van der Waals surface area contributed by atoms with Gasteiger partial charge in [0.15, 0.2) is 0 Å². The average Bonchev–Trinajstić information content (AvgIpc) is 3.29. The Morgan fingerprint density at radius 2 is 1.76 bits per heavy atom. The van der Waals surface area contributed by atoms with Crippen LogP contribution < -0.4 is 16.0 Å². The maximum atomic E-state index is 13.5. The number of para-hydroxylation sites is 1. The molecule has 2 aromatic heterocycles. The molecule has 0 radical (unpaired) electrons. The molecule has 1 aliphatic carbocycles. The highest BCUT2D eigenvalue weighted by Gasteiger charge is 2.41. The van der Waals surface area contributed by atoms with Crippen molar-refractivity contribution in [2.75, 3.05) is 10.6 Å². The van der Waals surface area contributed by atoms with Gasteiger partial charge in [0.2, 0.25) is 0 Å². The van der Waals surface area contributed by atoms with Crippen molar-refractivity contribution < 1.29 is 19.5 Å². The van der Waals surface area contributed by atoms with Gasteiger partial charge in [0, 0.05) is 22.8 Å². The summed E-state index contributed by atoms with van der Waals surface area (Å²) in [6.07, 6.45) is 7.57. The first-order chi connectivity index (χ1) is 17.7. The lowest BCUT2D eigenvalue weighted by Crippen LogP contribution is -2.52. The molecule has 37 heavy (non-hydrogen) atoms. The summed E-state index contributed by atoms with van der Waals surface area (Å²) in [5.74, 6) is -1.66. The number of carboxylic acid groups (broad SMARTS) is 1. The van der Waals surface area contributed by atoms with Gasteiger partial charge in [0.25, 0.3) is 5.91 Å². The van der Waals surface area contributed by atoms with Gasteiger partial charge >= 0.3 is 12.0 Å². The number of thiophene rings is 1. The largest absolute Gasteiger partial charge is 0.480 e. The number of carboxylic acids is 1. The lowest BCUT2D eigenvalue weighted by molar-refractivity contribution is -0.143. The number of urea groups is 1. The fourth-order valence-corrected chi connectivity index (χ4v) is 6.07. The molecule has 194 valence electrons. The zero-order valence-corrected chi connectivity index (χ0v) is 22.3. The van der Waals surface area contributed by atoms with Crippen molar-refractivity contribution in [2.24, 2.45) is 5.41 Å². The number of aliphatic carboxylic acids is 1. The predicted octanol–water partition coefficient (Wildman–Crippen LogP) is 6.91. The number of rotatable bonds is 7. The van der Waals surface area contributed by atoms with Crippen LogP contribution in [0.5, 0.6) is 0 Å². The van der Waals surface area contributed by atoms with Crippen molar-refractivity contribution in [1.82, 2.24) is 10.3 Å². The molecule has 11 heteroatoms. The minimum atomic E-state index is -1.08. The summed E-state index contributed by atoms with van der Waals surface area (Å²) in [5.41, 5.74) is 0.640. The topological polar surface area (TPSA) is 120 Å². The standard InChI is InChI=1S/C26H26Cl2N4O4S/c1-26(10-3-2-4-11-26)22(24(34)35)32-23(33)21-18(13-19(37-21)15-7-6-12-29-14-15)30-25(36)31-20-16(27)8-5-9-17(20)28/h5-9,12-14,22H,2-4,10-11H2,1H3,(H,32,33)(H,34,35)(H2,30,31,36)/t22-/m1/s1. The van der Waals surface area contributed by atoms with E-state index in [1.807, 2.05) is 13.0 Å². The Bertz CT molecular complexity index is 1290. The first-order valence-electron chi connectivity index (χ1n) is 11.8. The number of aromatic nitrogens is 1. The van der Waals surface area contributed by atoms with Crippen molar-refractivity contribution in [3.63, 3.8) is 0 Å². The Morgan fingerprint density at radius 3 is 2.38 bits per heavy atom. The van der Waals surface area contributed by atoms with E-state index in [0.717, 1.165) is 36.2 Å². The van der Waals surface area contributed by atoms with Gasteiger partial charge in [-0.1, -0.05) is 61.5 Å². The number of benzene rings is 1. The Morgan fingerprint density at radius 1 is 1.05 bits per heavy atom. The molecule has 0 spiro atoms. The van der Waals surface area contributed by atoms with Crippen LogP contribution in [0.4, 0.5) is 16.2 Å². The van der Waals surface area contributed by atoms with E-state index >= 15 is 0 Å². The van der Waals surface area contributed by atoms with Crippen molar-refractivity contribution in [3.8, 4) is 10.4 Å². The second kappa shape index (κ2) is 11.5. The number of carbonyl (C=O) groups is 3. The van der Waals surface area contributed by atoms with Gasteiger partial charge < -0.3 is 21.1 Å². The number of nitrogens with one attached hydrogen (secondary N) is 3. The zero-order valence-electron chi connectivity index (χ0n) is 20.0. The molecular weight excluding hydrogens is 535 g/mol. The molecule has 0 saturated heterocycles. The first kappa shape index (κ1) is 26.9. The van der Waals surface area contributed by atoms with E-state index in [1.54, 1.807) is 42.7 Å². The van der Waals surface area contributed by atoms with E-state index in [-0.39, 0.29) is 26.3 Å². The number of hydrogen-bond donors (Lipinski definition) is 4. The molecule has 1 fully saturated rings. The van der Waals surface area contributed by atoms with Gasteiger partial charge in [-0.25, -0.2) is 9.59 Å². The summed E-state index contributed by atoms with van der Waals surface area (Å²) < 4.78 is 0. The van der Waals surface area contributed by atoms with E-state index < -0.39 is 29.4 Å². The lowest BCUT2D eigenvalue weighted by Gasteiger charge is -2.38. The first-order valence-corrected chi connectivity index (χ1v) is 13.3. The van der Waals surface area contributed by atoms with Gasteiger partial charge in [-0.3, -0.25) is 9.78 Å². The highest BCUT2D eigenvalue weighted by molar-refractivity contribution is 7.18. The average molecular weight is 561 g/mol. The molecule has 0 aliphatic heterocycles. The SMILES string of the molecule is CC1([C@H](NC(=O)c2sc(-c3cccnc3)cc2NC(=O)Nc2c(Cl)cccc2Cl)C(=O)O)CCCCC1. The van der Waals surface area contributed by atoms with Gasteiger partial charge in [-0.2, -0.15) is 0 Å². The fraction of sp³-hybridized carbons (Fsp3) is 0.308. The number of pyridine rings is 1. The van der Waals surface area contributed by atoms with Crippen LogP contribution in [0.15, 0.2) is 48.8 Å². The van der Waals surface area contributed by atoms with E-state index in [2.05, 4.69) is 20.9 Å². The molecule has 2 heterocycles.